The number of alkyl halides is 2. The van der Waals surface area contributed by atoms with Crippen LogP contribution in [0.25, 0.3) is 0 Å². The number of aromatic carboxylic acids is 1. The molecule has 0 aliphatic carbocycles. The fourth-order valence-electron chi connectivity index (χ4n) is 3.32. The summed E-state index contributed by atoms with van der Waals surface area (Å²) in [5.41, 5.74) is 1.96. The maximum Gasteiger partial charge on any atom is 0.387 e. The molecule has 5 nitrogen and oxygen atoms in total. The Kier molecular flexibility index (Phi) is 7.88. The molecule has 0 saturated carbocycles. The van der Waals surface area contributed by atoms with Gasteiger partial charge in [-0.15, -0.1) is 0 Å². The summed E-state index contributed by atoms with van der Waals surface area (Å²) in [4.78, 5) is 23.7. The minimum atomic E-state index is -2.91. The van der Waals surface area contributed by atoms with Crippen molar-refractivity contribution >= 4 is 29.2 Å². The van der Waals surface area contributed by atoms with Crippen LogP contribution >= 0.6 is 23.2 Å². The third-order valence-corrected chi connectivity index (χ3v) is 5.50. The maximum absolute atomic E-state index is 12.7. The van der Waals surface area contributed by atoms with Crippen molar-refractivity contribution in [1.82, 2.24) is 4.57 Å². The highest BCUT2D eigenvalue weighted by molar-refractivity contribution is 6.34. The first-order valence-electron chi connectivity index (χ1n) is 9.68. The Morgan fingerprint density at radius 3 is 2.34 bits per heavy atom. The number of hydrogen-bond acceptors (Lipinski definition) is 3. The highest BCUT2D eigenvalue weighted by Crippen LogP contribution is 2.22. The molecule has 0 aliphatic heterocycles. The van der Waals surface area contributed by atoms with Crippen LogP contribution in [0.15, 0.2) is 59.4 Å². The highest BCUT2D eigenvalue weighted by Gasteiger charge is 2.14. The van der Waals surface area contributed by atoms with Gasteiger partial charge in [0.05, 0.1) is 10.6 Å². The molecule has 3 rings (SSSR count). The van der Waals surface area contributed by atoms with E-state index in [1.807, 2.05) is 0 Å². The van der Waals surface area contributed by atoms with Gasteiger partial charge in [0.15, 0.2) is 0 Å². The molecule has 0 unspecified atom stereocenters. The number of carbonyl (C=O) groups is 1. The number of ether oxygens (including phenoxy) is 1. The number of benzene rings is 2. The lowest BCUT2D eigenvalue weighted by molar-refractivity contribution is -0.0498. The summed E-state index contributed by atoms with van der Waals surface area (Å²) in [6, 6.07) is 14.1. The molecule has 9 heteroatoms. The molecule has 1 heterocycles. The van der Waals surface area contributed by atoms with Crippen LogP contribution in [0, 0.1) is 0 Å². The van der Waals surface area contributed by atoms with Gasteiger partial charge in [0.1, 0.15) is 10.8 Å². The average Bonchev–Trinajstić information content (AvgIpc) is 2.74. The molecule has 1 N–H and O–H groups in total. The first-order chi connectivity index (χ1) is 15.2. The summed E-state index contributed by atoms with van der Waals surface area (Å²) >= 11 is 12.4. The zero-order chi connectivity index (χ0) is 23.3. The molecule has 0 radical (unpaired) electrons. The number of aromatic nitrogens is 1. The van der Waals surface area contributed by atoms with E-state index in [2.05, 4.69) is 4.74 Å². The van der Waals surface area contributed by atoms with Crippen LogP contribution in [0.1, 0.15) is 27.2 Å². The first-order valence-corrected chi connectivity index (χ1v) is 10.4. The summed E-state index contributed by atoms with van der Waals surface area (Å²) in [7, 11) is 0. The number of pyridine rings is 1. The lowest BCUT2D eigenvalue weighted by atomic mass is 10.1. The Morgan fingerprint density at radius 1 is 0.969 bits per heavy atom. The first kappa shape index (κ1) is 23.8. The fraction of sp³-hybridized carbons (Fsp3) is 0.217. The Balaban J connectivity index is 1.80. The quantitative estimate of drug-likeness (QED) is 0.439. The Hall–Kier alpha value is -2.90. The summed E-state index contributed by atoms with van der Waals surface area (Å²) in [6.45, 7) is -2.62. The summed E-state index contributed by atoms with van der Waals surface area (Å²) in [5.74, 6) is -0.957. The molecule has 168 valence electrons. The molecule has 0 fully saturated rings. The van der Waals surface area contributed by atoms with Gasteiger partial charge < -0.3 is 14.4 Å². The van der Waals surface area contributed by atoms with Gasteiger partial charge in [0, 0.05) is 12.2 Å². The van der Waals surface area contributed by atoms with Gasteiger partial charge in [-0.25, -0.2) is 4.79 Å². The van der Waals surface area contributed by atoms with E-state index >= 15 is 0 Å². The lowest BCUT2D eigenvalue weighted by Gasteiger charge is -2.16. The minimum absolute atomic E-state index is 0.00712. The normalized spacial score (nSPS) is 11.0. The second kappa shape index (κ2) is 10.6. The monoisotopic (exact) mass is 481 g/mol. The predicted octanol–water partition coefficient (Wildman–Crippen LogP) is 5.48. The van der Waals surface area contributed by atoms with Crippen LogP contribution in [-0.4, -0.2) is 22.3 Å². The molecular formula is C23H19Cl2F2NO4. The lowest BCUT2D eigenvalue weighted by Crippen LogP contribution is -2.25. The zero-order valence-electron chi connectivity index (χ0n) is 16.7. The SMILES string of the molecule is O=C(O)c1ccc(CCn2c(CCc3cccc(OC(F)F)c3)c(Cl)cc(Cl)c2=O)cc1. The average molecular weight is 482 g/mol. The van der Waals surface area contributed by atoms with Crippen molar-refractivity contribution in [3.05, 3.63) is 97.4 Å². The number of rotatable bonds is 9. The van der Waals surface area contributed by atoms with E-state index in [0.29, 0.717) is 30.0 Å². The van der Waals surface area contributed by atoms with Gasteiger partial charge in [0.2, 0.25) is 0 Å². The second-order valence-electron chi connectivity index (χ2n) is 7.02. The van der Waals surface area contributed by atoms with Gasteiger partial charge in [-0.2, -0.15) is 8.78 Å². The number of nitrogens with zero attached hydrogens (tertiary/aromatic N) is 1. The van der Waals surface area contributed by atoms with Crippen molar-refractivity contribution in [2.45, 2.75) is 32.4 Å². The molecule has 2 aromatic carbocycles. The largest absolute Gasteiger partial charge is 0.478 e. The van der Waals surface area contributed by atoms with Crippen molar-refractivity contribution in [3.63, 3.8) is 0 Å². The van der Waals surface area contributed by atoms with Crippen LogP contribution in [-0.2, 0) is 25.8 Å². The summed E-state index contributed by atoms with van der Waals surface area (Å²) < 4.78 is 30.8. The Morgan fingerprint density at radius 2 is 1.69 bits per heavy atom. The molecule has 3 aromatic rings. The molecule has 0 saturated heterocycles. The smallest absolute Gasteiger partial charge is 0.387 e. The molecule has 0 amide bonds. The molecule has 0 spiro atoms. The van der Waals surface area contributed by atoms with Gasteiger partial charge in [-0.1, -0.05) is 47.5 Å². The van der Waals surface area contributed by atoms with Crippen LogP contribution in [0.5, 0.6) is 5.75 Å². The second-order valence-corrected chi connectivity index (χ2v) is 7.84. The highest BCUT2D eigenvalue weighted by atomic mass is 35.5. The van der Waals surface area contributed by atoms with E-state index < -0.39 is 12.6 Å². The molecule has 32 heavy (non-hydrogen) atoms. The number of aryl methyl sites for hydroxylation is 2. The van der Waals surface area contributed by atoms with Crippen molar-refractivity contribution < 1.29 is 23.4 Å². The van der Waals surface area contributed by atoms with E-state index in [1.54, 1.807) is 24.3 Å². The van der Waals surface area contributed by atoms with E-state index in [-0.39, 0.29) is 28.4 Å². The van der Waals surface area contributed by atoms with E-state index in [4.69, 9.17) is 28.3 Å². The van der Waals surface area contributed by atoms with Crippen LogP contribution in [0.2, 0.25) is 10.0 Å². The topological polar surface area (TPSA) is 68.5 Å². The van der Waals surface area contributed by atoms with Gasteiger partial charge in [-0.05, 0) is 60.7 Å². The maximum atomic E-state index is 12.7. The van der Waals surface area contributed by atoms with Gasteiger partial charge in [0.25, 0.3) is 5.56 Å². The minimum Gasteiger partial charge on any atom is -0.478 e. The summed E-state index contributed by atoms with van der Waals surface area (Å²) in [6.07, 6.45) is 1.27. The predicted molar refractivity (Wildman–Crippen MR) is 118 cm³/mol. The molecule has 0 aliphatic rings. The molecule has 0 bridgehead atoms. The van der Waals surface area contributed by atoms with E-state index in [1.165, 1.54) is 34.9 Å². The Labute approximate surface area is 192 Å². The van der Waals surface area contributed by atoms with Crippen LogP contribution in [0.4, 0.5) is 8.78 Å². The molecule has 1 aromatic heterocycles. The van der Waals surface area contributed by atoms with Gasteiger partial charge >= 0.3 is 12.6 Å². The number of hydrogen-bond donors (Lipinski definition) is 1. The van der Waals surface area contributed by atoms with Crippen LogP contribution < -0.4 is 10.3 Å². The zero-order valence-corrected chi connectivity index (χ0v) is 18.2. The number of halogens is 4. The number of carboxylic acid groups (broad SMARTS) is 1. The fourth-order valence-corrected chi connectivity index (χ4v) is 3.90. The third-order valence-electron chi connectivity index (χ3n) is 4.90. The van der Waals surface area contributed by atoms with E-state index in [9.17, 15) is 18.4 Å². The van der Waals surface area contributed by atoms with Crippen molar-refractivity contribution in [1.29, 1.82) is 0 Å². The van der Waals surface area contributed by atoms with Crippen molar-refractivity contribution in [2.24, 2.45) is 0 Å². The van der Waals surface area contributed by atoms with Crippen LogP contribution in [0.3, 0.4) is 0 Å². The van der Waals surface area contributed by atoms with Crippen molar-refractivity contribution in [3.8, 4) is 5.75 Å². The number of carboxylic acids is 1. The molecular weight excluding hydrogens is 463 g/mol. The van der Waals surface area contributed by atoms with Gasteiger partial charge in [-0.3, -0.25) is 4.79 Å². The van der Waals surface area contributed by atoms with E-state index in [0.717, 1.165) is 11.1 Å². The third kappa shape index (κ3) is 6.08. The van der Waals surface area contributed by atoms with Crippen molar-refractivity contribution in [2.75, 3.05) is 0 Å². The molecule has 0 atom stereocenters. The Bertz CT molecular complexity index is 1160. The summed E-state index contributed by atoms with van der Waals surface area (Å²) in [5, 5.41) is 9.33. The standard InChI is InChI=1S/C23H19Cl2F2NO4/c24-18-13-19(25)21(29)28(11-10-14-4-7-16(8-5-14)22(30)31)20(18)9-6-15-2-1-3-17(12-15)32-23(26)27/h1-5,7-8,12-13,23H,6,9-11H2,(H,30,31).